The highest BCUT2D eigenvalue weighted by atomic mass is 35.5. The topological polar surface area (TPSA) is 67.1 Å². The number of carbonyl (C=O) groups excluding carboxylic acids is 1. The van der Waals surface area contributed by atoms with Crippen LogP contribution in [0.2, 0.25) is 10.0 Å². The number of alkyl halides is 2. The van der Waals surface area contributed by atoms with Crippen LogP contribution in [0, 0.1) is 0 Å². The summed E-state index contributed by atoms with van der Waals surface area (Å²) in [5, 5.41) is 4.91. The monoisotopic (exact) mass is 297 g/mol. The van der Waals surface area contributed by atoms with Crippen molar-refractivity contribution in [1.82, 2.24) is 5.32 Å². The van der Waals surface area contributed by atoms with Crippen LogP contribution in [0.15, 0.2) is 18.2 Å². The molecule has 0 aliphatic heterocycles. The molecule has 4 N–H and O–H groups in total. The number of benzene rings is 1. The van der Waals surface area contributed by atoms with Crippen LogP contribution in [0.25, 0.3) is 0 Å². The summed E-state index contributed by atoms with van der Waals surface area (Å²) in [7, 11) is 0. The molecule has 0 radical (unpaired) electrons. The van der Waals surface area contributed by atoms with E-state index in [2.05, 4.69) is 5.32 Å². The molecule has 0 aromatic heterocycles. The normalized spacial score (nSPS) is 11.2. The van der Waals surface area contributed by atoms with Gasteiger partial charge in [-0.2, -0.15) is 0 Å². The van der Waals surface area contributed by atoms with Gasteiger partial charge in [0.2, 0.25) is 0 Å². The summed E-state index contributed by atoms with van der Waals surface area (Å²) in [5.74, 6) is -3.14. The van der Waals surface area contributed by atoms with E-state index in [4.69, 9.17) is 28.9 Å². The fourth-order valence-electron chi connectivity index (χ4n) is 1.04. The Labute approximate surface area is 112 Å². The number of rotatable bonds is 4. The van der Waals surface area contributed by atoms with E-state index in [-0.39, 0.29) is 10.7 Å². The number of amides is 2. The molecular formula is C10H11Cl2F2N3O. The summed E-state index contributed by atoms with van der Waals surface area (Å²) in [4.78, 5) is 11.3. The van der Waals surface area contributed by atoms with Gasteiger partial charge in [0.1, 0.15) is 0 Å². The van der Waals surface area contributed by atoms with Gasteiger partial charge in [0.25, 0.3) is 5.92 Å². The third kappa shape index (κ3) is 4.64. The lowest BCUT2D eigenvalue weighted by atomic mass is 10.3. The molecule has 8 heteroatoms. The molecule has 0 bridgehead atoms. The van der Waals surface area contributed by atoms with E-state index in [9.17, 15) is 13.6 Å². The second-order valence-electron chi connectivity index (χ2n) is 3.49. The summed E-state index contributed by atoms with van der Waals surface area (Å²) in [6.45, 7) is -1.70. The molecule has 100 valence electrons. The molecule has 0 spiro atoms. The lowest BCUT2D eigenvalue weighted by molar-refractivity contribution is 0.0148. The number of halogens is 4. The van der Waals surface area contributed by atoms with E-state index in [0.29, 0.717) is 5.02 Å². The Morgan fingerprint density at radius 2 is 2.06 bits per heavy atom. The summed E-state index contributed by atoms with van der Waals surface area (Å²) in [5.41, 5.74) is 5.06. The van der Waals surface area contributed by atoms with Crippen molar-refractivity contribution >= 4 is 34.9 Å². The Bertz CT molecular complexity index is 443. The van der Waals surface area contributed by atoms with Crippen molar-refractivity contribution < 1.29 is 13.6 Å². The highest BCUT2D eigenvalue weighted by Gasteiger charge is 2.27. The maximum atomic E-state index is 12.8. The van der Waals surface area contributed by atoms with Gasteiger partial charge in [0.05, 0.1) is 23.8 Å². The van der Waals surface area contributed by atoms with Gasteiger partial charge >= 0.3 is 6.03 Å². The van der Waals surface area contributed by atoms with Gasteiger partial charge in [-0.3, -0.25) is 0 Å². The highest BCUT2D eigenvalue weighted by molar-refractivity contribution is 6.35. The molecule has 0 aliphatic rings. The van der Waals surface area contributed by atoms with Gasteiger partial charge in [-0.05, 0) is 18.2 Å². The van der Waals surface area contributed by atoms with Crippen LogP contribution >= 0.6 is 23.2 Å². The molecule has 0 aliphatic carbocycles. The first kappa shape index (κ1) is 14.9. The zero-order valence-corrected chi connectivity index (χ0v) is 10.7. The predicted octanol–water partition coefficient (Wildman–Crippen LogP) is 2.71. The average Bonchev–Trinajstić information content (AvgIpc) is 2.31. The van der Waals surface area contributed by atoms with E-state index in [0.717, 1.165) is 0 Å². The number of nitrogens with one attached hydrogen (secondary N) is 2. The predicted molar refractivity (Wildman–Crippen MR) is 67.5 cm³/mol. The molecule has 1 aromatic rings. The minimum absolute atomic E-state index is 0.234. The van der Waals surface area contributed by atoms with E-state index in [1.807, 2.05) is 5.32 Å². The van der Waals surface area contributed by atoms with E-state index in [1.165, 1.54) is 18.2 Å². The van der Waals surface area contributed by atoms with Crippen molar-refractivity contribution in [2.45, 2.75) is 5.92 Å². The summed E-state index contributed by atoms with van der Waals surface area (Å²) < 4.78 is 25.6. The van der Waals surface area contributed by atoms with Crippen molar-refractivity contribution in [1.29, 1.82) is 0 Å². The highest BCUT2D eigenvalue weighted by Crippen LogP contribution is 2.25. The third-order valence-electron chi connectivity index (χ3n) is 1.98. The van der Waals surface area contributed by atoms with Crippen molar-refractivity contribution in [3.63, 3.8) is 0 Å². The van der Waals surface area contributed by atoms with E-state index >= 15 is 0 Å². The largest absolute Gasteiger partial charge is 0.332 e. The molecule has 18 heavy (non-hydrogen) atoms. The minimum Gasteiger partial charge on any atom is -0.332 e. The van der Waals surface area contributed by atoms with Crippen molar-refractivity contribution in [3.05, 3.63) is 28.2 Å². The number of urea groups is 1. The Kier molecular flexibility index (Phi) is 5.13. The van der Waals surface area contributed by atoms with Gasteiger partial charge in [0, 0.05) is 5.02 Å². The van der Waals surface area contributed by atoms with Crippen LogP contribution in [0.5, 0.6) is 0 Å². The molecular weight excluding hydrogens is 287 g/mol. The molecule has 0 saturated heterocycles. The van der Waals surface area contributed by atoms with Crippen molar-refractivity contribution in [3.8, 4) is 0 Å². The van der Waals surface area contributed by atoms with Gasteiger partial charge in [-0.15, -0.1) is 0 Å². The van der Waals surface area contributed by atoms with Crippen LogP contribution in [0.1, 0.15) is 0 Å². The molecule has 1 aromatic carbocycles. The van der Waals surface area contributed by atoms with Crippen LogP contribution < -0.4 is 16.4 Å². The first-order valence-corrected chi connectivity index (χ1v) is 5.67. The van der Waals surface area contributed by atoms with Gasteiger partial charge < -0.3 is 16.4 Å². The first-order chi connectivity index (χ1) is 8.34. The SMILES string of the molecule is NCC(F)(F)CNC(=O)Nc1cc(Cl)ccc1Cl. The molecule has 1 rings (SSSR count). The Morgan fingerprint density at radius 1 is 1.39 bits per heavy atom. The Balaban J connectivity index is 2.57. The van der Waals surface area contributed by atoms with E-state index in [1.54, 1.807) is 0 Å². The Hall–Kier alpha value is -1.11. The van der Waals surface area contributed by atoms with Gasteiger partial charge in [-0.25, -0.2) is 13.6 Å². The van der Waals surface area contributed by atoms with Crippen molar-refractivity contribution in [2.24, 2.45) is 5.73 Å². The number of nitrogens with two attached hydrogens (primary N) is 1. The number of hydrogen-bond donors (Lipinski definition) is 3. The van der Waals surface area contributed by atoms with Crippen LogP contribution in [0.3, 0.4) is 0 Å². The summed E-state index contributed by atoms with van der Waals surface area (Å²) >= 11 is 11.5. The quantitative estimate of drug-likeness (QED) is 0.800. The number of hydrogen-bond acceptors (Lipinski definition) is 2. The maximum Gasteiger partial charge on any atom is 0.319 e. The van der Waals surface area contributed by atoms with Crippen LogP contribution in [-0.2, 0) is 0 Å². The zero-order chi connectivity index (χ0) is 13.8. The van der Waals surface area contributed by atoms with Crippen LogP contribution in [0.4, 0.5) is 19.3 Å². The van der Waals surface area contributed by atoms with Crippen LogP contribution in [-0.4, -0.2) is 25.0 Å². The second kappa shape index (κ2) is 6.17. The molecule has 0 unspecified atom stereocenters. The lowest BCUT2D eigenvalue weighted by Crippen LogP contribution is -2.43. The maximum absolute atomic E-state index is 12.8. The van der Waals surface area contributed by atoms with Crippen molar-refractivity contribution in [2.75, 3.05) is 18.4 Å². The molecule has 0 heterocycles. The number of anilines is 1. The molecule has 2 amide bonds. The number of carbonyl (C=O) groups is 1. The summed E-state index contributed by atoms with van der Waals surface area (Å²) in [6, 6.07) is 3.61. The Morgan fingerprint density at radius 3 is 2.67 bits per heavy atom. The molecule has 0 saturated carbocycles. The third-order valence-corrected chi connectivity index (χ3v) is 2.55. The summed E-state index contributed by atoms with van der Waals surface area (Å²) in [6.07, 6.45) is 0. The fraction of sp³-hybridized carbons (Fsp3) is 0.300. The first-order valence-electron chi connectivity index (χ1n) is 4.92. The minimum atomic E-state index is -3.14. The standard InChI is InChI=1S/C10H11Cl2F2N3O/c11-6-1-2-7(12)8(3-6)17-9(18)16-5-10(13,14)4-15/h1-3H,4-5,15H2,(H2,16,17,18). The average molecular weight is 298 g/mol. The smallest absolute Gasteiger partial charge is 0.319 e. The van der Waals surface area contributed by atoms with Gasteiger partial charge in [-0.1, -0.05) is 23.2 Å². The zero-order valence-electron chi connectivity index (χ0n) is 9.14. The fourth-order valence-corrected chi connectivity index (χ4v) is 1.38. The van der Waals surface area contributed by atoms with E-state index < -0.39 is 25.0 Å². The molecule has 0 atom stereocenters. The lowest BCUT2D eigenvalue weighted by Gasteiger charge is -2.15. The molecule has 4 nitrogen and oxygen atoms in total. The molecule has 0 fully saturated rings. The second-order valence-corrected chi connectivity index (χ2v) is 4.34. The van der Waals surface area contributed by atoms with Gasteiger partial charge in [0.15, 0.2) is 0 Å².